The molecule has 1 saturated heterocycles. The van der Waals surface area contributed by atoms with Gasteiger partial charge in [0.05, 0.1) is 32.6 Å². The zero-order valence-corrected chi connectivity index (χ0v) is 33.1. The molecule has 0 spiro atoms. The summed E-state index contributed by atoms with van der Waals surface area (Å²) in [5, 5.41) is 6.14. The summed E-state index contributed by atoms with van der Waals surface area (Å²) in [6, 6.07) is 5.19. The molecular weight excluding hydrogens is 676 g/mol. The molecule has 1 aliphatic heterocycles. The van der Waals surface area contributed by atoms with Crippen molar-refractivity contribution in [3.05, 3.63) is 35.2 Å². The van der Waals surface area contributed by atoms with Gasteiger partial charge in [0.1, 0.15) is 17.4 Å². The number of fused-ring (bicyclic) bond motifs is 1. The van der Waals surface area contributed by atoms with Crippen LogP contribution in [0.1, 0.15) is 98.9 Å². The molecule has 2 N–H and O–H groups in total. The van der Waals surface area contributed by atoms with E-state index in [0.29, 0.717) is 61.5 Å². The van der Waals surface area contributed by atoms with Crippen LogP contribution in [0.2, 0.25) is 0 Å². The minimum Gasteiger partial charge on any atom is -0.495 e. The third kappa shape index (κ3) is 8.17. The van der Waals surface area contributed by atoms with Crippen LogP contribution in [-0.2, 0) is 14.3 Å². The number of morpholine rings is 1. The number of hydrogen-bond acceptors (Lipinski definition) is 8. The summed E-state index contributed by atoms with van der Waals surface area (Å²) in [5.74, 6) is 0.288. The van der Waals surface area contributed by atoms with Crippen molar-refractivity contribution in [3.8, 4) is 23.0 Å². The average molecular weight is 733 g/mol. The molecule has 2 aromatic heterocycles. The highest BCUT2D eigenvalue weighted by molar-refractivity contribution is 6.05. The fraction of sp³-hybridized carbons (Fsp3) is 0.625. The van der Waals surface area contributed by atoms with E-state index < -0.39 is 23.6 Å². The zero-order chi connectivity index (χ0) is 39.0. The Labute approximate surface area is 312 Å². The Morgan fingerprint density at radius 3 is 2.21 bits per heavy atom. The van der Waals surface area contributed by atoms with Gasteiger partial charge < -0.3 is 29.2 Å². The third-order valence-electron chi connectivity index (χ3n) is 11.1. The van der Waals surface area contributed by atoms with E-state index in [1.807, 2.05) is 20.8 Å². The number of carbonyl (C=O) groups is 3. The molecule has 13 nitrogen and oxygen atoms in total. The molecule has 288 valence electrons. The topological polar surface area (TPSA) is 141 Å². The van der Waals surface area contributed by atoms with E-state index in [4.69, 9.17) is 30.5 Å². The van der Waals surface area contributed by atoms with Crippen LogP contribution in [0, 0.1) is 40.6 Å². The highest BCUT2D eigenvalue weighted by Gasteiger charge is 2.48. The van der Waals surface area contributed by atoms with Crippen LogP contribution < -0.4 is 14.8 Å². The van der Waals surface area contributed by atoms with Crippen LogP contribution in [0.4, 0.5) is 16.2 Å². The van der Waals surface area contributed by atoms with Crippen LogP contribution in [0.5, 0.6) is 11.6 Å². The van der Waals surface area contributed by atoms with Gasteiger partial charge >= 0.3 is 12.1 Å². The average Bonchev–Trinajstić information content (AvgIpc) is 3.65. The van der Waals surface area contributed by atoms with Gasteiger partial charge in [-0.15, -0.1) is 0 Å². The van der Waals surface area contributed by atoms with Crippen molar-refractivity contribution in [3.63, 3.8) is 0 Å². The number of rotatable bonds is 8. The predicted octanol–water partition coefficient (Wildman–Crippen LogP) is 8.37. The Morgan fingerprint density at radius 2 is 1.66 bits per heavy atom. The molecule has 2 atom stereocenters. The lowest BCUT2D eigenvalue weighted by atomic mass is 9.59. The molecule has 1 saturated carbocycles. The molecule has 13 heteroatoms. The standard InChI is InChI=1S/C40H56N6O7/c1-13-40(9,10)36(48)42-27-22-24(14-15-28(27)50-12)32-43-33-29(30(41-11)34(46(33)44-32)53-37(49)45-16-18-51-19-17-45)35(47)52-31-25(38(3,4)5)20-23(2)21-26(31)39(6,7)8/h14-15,22-23,25-26,31H,13,16-21H2,1-10,12H3,(H,42,48)(H,43,44). The van der Waals surface area contributed by atoms with Gasteiger partial charge in [-0.2, -0.15) is 0 Å². The largest absolute Gasteiger partial charge is 0.495 e. The molecule has 3 aromatic rings. The maximum Gasteiger partial charge on any atom is 0.415 e. The van der Waals surface area contributed by atoms with Crippen LogP contribution in [0.15, 0.2) is 18.2 Å². The Kier molecular flexibility index (Phi) is 11.3. The Hall–Kier alpha value is -4.57. The van der Waals surface area contributed by atoms with E-state index in [1.54, 1.807) is 18.2 Å². The van der Waals surface area contributed by atoms with Crippen molar-refractivity contribution in [1.82, 2.24) is 19.5 Å². The highest BCUT2D eigenvalue weighted by atomic mass is 16.6. The van der Waals surface area contributed by atoms with Gasteiger partial charge in [-0.25, -0.2) is 23.9 Å². The number of esters is 1. The molecule has 2 unspecified atom stereocenters. The van der Waals surface area contributed by atoms with E-state index in [1.165, 1.54) is 16.5 Å². The zero-order valence-electron chi connectivity index (χ0n) is 33.1. The first-order valence-corrected chi connectivity index (χ1v) is 18.6. The summed E-state index contributed by atoms with van der Waals surface area (Å²) in [4.78, 5) is 51.2. The Morgan fingerprint density at radius 1 is 1.04 bits per heavy atom. The number of nitrogens with zero attached hydrogens (tertiary/aromatic N) is 4. The molecule has 5 rings (SSSR count). The minimum absolute atomic E-state index is 0.0629. The second-order valence-corrected chi connectivity index (χ2v) is 17.3. The number of ether oxygens (including phenoxy) is 4. The fourth-order valence-electron chi connectivity index (χ4n) is 7.34. The van der Waals surface area contributed by atoms with Crippen molar-refractivity contribution in [1.29, 1.82) is 0 Å². The minimum atomic E-state index is -0.701. The van der Waals surface area contributed by atoms with Crippen molar-refractivity contribution in [2.75, 3.05) is 38.7 Å². The monoisotopic (exact) mass is 732 g/mol. The lowest BCUT2D eigenvalue weighted by Gasteiger charge is -2.50. The predicted molar refractivity (Wildman–Crippen MR) is 202 cm³/mol. The number of amides is 2. The van der Waals surface area contributed by atoms with Crippen molar-refractivity contribution < 1.29 is 33.3 Å². The first-order valence-electron chi connectivity index (χ1n) is 18.6. The van der Waals surface area contributed by atoms with Crippen molar-refractivity contribution >= 4 is 35.0 Å². The molecule has 1 aromatic carbocycles. The quantitative estimate of drug-likeness (QED) is 0.174. The lowest BCUT2D eigenvalue weighted by Crippen LogP contribution is -2.49. The van der Waals surface area contributed by atoms with Crippen LogP contribution in [-0.4, -0.2) is 77.0 Å². The van der Waals surface area contributed by atoms with Gasteiger partial charge in [-0.3, -0.25) is 9.89 Å². The second kappa shape index (κ2) is 15.0. The summed E-state index contributed by atoms with van der Waals surface area (Å²) >= 11 is 0. The number of nitrogens with one attached hydrogen (secondary N) is 2. The van der Waals surface area contributed by atoms with Crippen LogP contribution >= 0.6 is 0 Å². The Bertz CT molecular complexity index is 1860. The molecule has 2 fully saturated rings. The van der Waals surface area contributed by atoms with E-state index in [2.05, 4.69) is 63.7 Å². The van der Waals surface area contributed by atoms with Crippen molar-refractivity contribution in [2.24, 2.45) is 34.0 Å². The van der Waals surface area contributed by atoms with E-state index in [-0.39, 0.29) is 51.4 Å². The van der Waals surface area contributed by atoms with Gasteiger partial charge in [0.15, 0.2) is 11.5 Å². The maximum atomic E-state index is 14.6. The Balaban J connectivity index is 1.63. The SMILES string of the molecule is [C-]#[N+]c1c(C(=O)OC2C(C(C)(C)C)CC(C)CC2C(C)(C)C)c2nc(-c3ccc(OC)c(NC(=O)C(C)(C)CC)c3)[nH]n2c1OC(=O)N1CCOCC1. The first-order chi connectivity index (χ1) is 24.8. The summed E-state index contributed by atoms with van der Waals surface area (Å²) in [6.45, 7) is 30.6. The summed E-state index contributed by atoms with van der Waals surface area (Å²) < 4.78 is 24.8. The van der Waals surface area contributed by atoms with Gasteiger partial charge in [0, 0.05) is 35.9 Å². The molecule has 1 aliphatic carbocycles. The molecule has 2 amide bonds. The van der Waals surface area contributed by atoms with Crippen LogP contribution in [0.3, 0.4) is 0 Å². The van der Waals surface area contributed by atoms with E-state index in [9.17, 15) is 14.4 Å². The maximum absolute atomic E-state index is 14.6. The molecule has 53 heavy (non-hydrogen) atoms. The molecule has 2 aliphatic rings. The number of H-pyrrole nitrogens is 1. The summed E-state index contributed by atoms with van der Waals surface area (Å²) in [6.07, 6.45) is 1.32. The second-order valence-electron chi connectivity index (χ2n) is 17.3. The molecule has 0 bridgehead atoms. The smallest absolute Gasteiger partial charge is 0.415 e. The fourth-order valence-corrected chi connectivity index (χ4v) is 7.34. The number of aromatic amines is 1. The normalized spacial score (nSPS) is 21.2. The van der Waals surface area contributed by atoms with Gasteiger partial charge in [-0.05, 0) is 54.2 Å². The molecule has 0 radical (unpaired) electrons. The number of methoxy groups -OCH3 is 1. The first kappa shape index (κ1) is 39.6. The number of aromatic nitrogens is 3. The number of benzene rings is 1. The van der Waals surface area contributed by atoms with Crippen molar-refractivity contribution in [2.45, 2.75) is 94.6 Å². The summed E-state index contributed by atoms with van der Waals surface area (Å²) in [5.41, 5.74) is -0.129. The molecular formula is C40H56N6O7. The number of hydrogen-bond donors (Lipinski definition) is 2. The number of carbonyl (C=O) groups excluding carboxylic acids is 3. The van der Waals surface area contributed by atoms with E-state index in [0.717, 1.165) is 12.8 Å². The van der Waals surface area contributed by atoms with Gasteiger partial charge in [0.25, 0.3) is 5.69 Å². The van der Waals surface area contributed by atoms with Gasteiger partial charge in [0.2, 0.25) is 11.8 Å². The van der Waals surface area contributed by atoms with E-state index >= 15 is 0 Å². The lowest BCUT2D eigenvalue weighted by molar-refractivity contribution is -0.124. The third-order valence-corrected chi connectivity index (χ3v) is 11.1. The van der Waals surface area contributed by atoms with Gasteiger partial charge in [-0.1, -0.05) is 69.2 Å². The molecule has 3 heterocycles. The summed E-state index contributed by atoms with van der Waals surface area (Å²) in [7, 11) is 1.52. The van der Waals surface area contributed by atoms with Crippen LogP contribution in [0.25, 0.3) is 21.9 Å². The highest BCUT2D eigenvalue weighted by Crippen LogP contribution is 2.50. The number of anilines is 1.